The van der Waals surface area contributed by atoms with Crippen LogP contribution >= 0.6 is 23.2 Å². The molecular formula is C15H11Cl2F3N2O. The smallest absolute Gasteiger partial charge is 0.380 e. The second-order valence-electron chi connectivity index (χ2n) is 4.61. The Morgan fingerprint density at radius 3 is 2.48 bits per heavy atom. The van der Waals surface area contributed by atoms with E-state index in [1.807, 2.05) is 0 Å². The highest BCUT2D eigenvalue weighted by molar-refractivity contribution is 6.43. The van der Waals surface area contributed by atoms with Crippen LogP contribution in [0.3, 0.4) is 0 Å². The van der Waals surface area contributed by atoms with Crippen LogP contribution in [0.1, 0.15) is 5.56 Å². The molecule has 0 bridgehead atoms. The van der Waals surface area contributed by atoms with Crippen molar-refractivity contribution in [2.45, 2.75) is 12.7 Å². The van der Waals surface area contributed by atoms with Gasteiger partial charge >= 0.3 is 12.1 Å². The highest BCUT2D eigenvalue weighted by Gasteiger charge is 2.38. The number of nitrogens with one attached hydrogen (secondary N) is 2. The van der Waals surface area contributed by atoms with Gasteiger partial charge in [0.05, 0.1) is 15.7 Å². The van der Waals surface area contributed by atoms with E-state index in [9.17, 15) is 18.0 Å². The van der Waals surface area contributed by atoms with Crippen LogP contribution in [-0.4, -0.2) is 12.1 Å². The number of amides is 1. The second kappa shape index (κ2) is 7.10. The van der Waals surface area contributed by atoms with E-state index in [0.717, 1.165) is 0 Å². The normalized spacial score (nSPS) is 11.2. The van der Waals surface area contributed by atoms with Crippen molar-refractivity contribution in [3.05, 3.63) is 58.1 Å². The Balaban J connectivity index is 2.06. The van der Waals surface area contributed by atoms with Gasteiger partial charge in [-0.2, -0.15) is 13.2 Å². The van der Waals surface area contributed by atoms with Crippen LogP contribution in [0, 0.1) is 0 Å². The van der Waals surface area contributed by atoms with Crippen LogP contribution < -0.4 is 10.6 Å². The van der Waals surface area contributed by atoms with Gasteiger partial charge in [-0.3, -0.25) is 4.79 Å². The Morgan fingerprint density at radius 1 is 1.09 bits per heavy atom. The number of carbonyl (C=O) groups is 1. The SMILES string of the molecule is O=C(Nc1cccc(CNc2cccc(Cl)c2Cl)c1)C(F)(F)F. The van der Waals surface area contributed by atoms with Gasteiger partial charge < -0.3 is 10.6 Å². The minimum atomic E-state index is -4.93. The monoisotopic (exact) mass is 362 g/mol. The summed E-state index contributed by atoms with van der Waals surface area (Å²) in [6.07, 6.45) is -4.93. The lowest BCUT2D eigenvalue weighted by Gasteiger charge is -2.11. The predicted octanol–water partition coefficient (Wildman–Crippen LogP) is 5.11. The molecule has 0 heterocycles. The van der Waals surface area contributed by atoms with Crippen molar-refractivity contribution in [2.75, 3.05) is 10.6 Å². The van der Waals surface area contributed by atoms with Gasteiger partial charge in [-0.05, 0) is 29.8 Å². The Hall–Kier alpha value is -1.92. The molecule has 0 fully saturated rings. The van der Waals surface area contributed by atoms with E-state index < -0.39 is 12.1 Å². The number of benzene rings is 2. The Bertz CT molecular complexity index is 720. The van der Waals surface area contributed by atoms with Crippen LogP contribution in [0.2, 0.25) is 10.0 Å². The number of rotatable bonds is 4. The first-order valence-electron chi connectivity index (χ1n) is 6.42. The van der Waals surface area contributed by atoms with Gasteiger partial charge in [0.1, 0.15) is 0 Å². The maximum absolute atomic E-state index is 12.2. The van der Waals surface area contributed by atoms with Gasteiger partial charge in [0.25, 0.3) is 0 Å². The first-order valence-corrected chi connectivity index (χ1v) is 7.18. The summed E-state index contributed by atoms with van der Waals surface area (Å²) < 4.78 is 36.7. The van der Waals surface area contributed by atoms with Crippen molar-refractivity contribution in [3.8, 4) is 0 Å². The van der Waals surface area contributed by atoms with Crippen molar-refractivity contribution < 1.29 is 18.0 Å². The van der Waals surface area contributed by atoms with Gasteiger partial charge in [0.2, 0.25) is 0 Å². The lowest BCUT2D eigenvalue weighted by atomic mass is 10.2. The van der Waals surface area contributed by atoms with Crippen molar-refractivity contribution >= 4 is 40.5 Å². The summed E-state index contributed by atoms with van der Waals surface area (Å²) in [5.41, 5.74) is 1.33. The maximum atomic E-state index is 12.2. The lowest BCUT2D eigenvalue weighted by molar-refractivity contribution is -0.167. The molecule has 2 aromatic rings. The summed E-state index contributed by atoms with van der Waals surface area (Å²) >= 11 is 11.9. The summed E-state index contributed by atoms with van der Waals surface area (Å²) in [7, 11) is 0. The average molecular weight is 363 g/mol. The predicted molar refractivity (Wildman–Crippen MR) is 84.9 cm³/mol. The summed E-state index contributed by atoms with van der Waals surface area (Å²) in [6, 6.07) is 11.1. The van der Waals surface area contributed by atoms with E-state index in [0.29, 0.717) is 27.8 Å². The molecule has 2 aromatic carbocycles. The first kappa shape index (κ1) is 17.4. The molecule has 0 radical (unpaired) electrons. The van der Waals surface area contributed by atoms with Gasteiger partial charge in [-0.15, -0.1) is 0 Å². The molecule has 23 heavy (non-hydrogen) atoms. The molecule has 2 rings (SSSR count). The van der Waals surface area contributed by atoms with Crippen molar-refractivity contribution in [3.63, 3.8) is 0 Å². The number of anilines is 2. The number of hydrogen-bond donors (Lipinski definition) is 2. The third kappa shape index (κ3) is 4.77. The molecule has 2 N–H and O–H groups in total. The molecule has 8 heteroatoms. The average Bonchev–Trinajstić information content (AvgIpc) is 2.48. The summed E-state index contributed by atoms with van der Waals surface area (Å²) in [5, 5.41) is 5.58. The topological polar surface area (TPSA) is 41.1 Å². The fraction of sp³-hybridized carbons (Fsp3) is 0.133. The van der Waals surface area contributed by atoms with E-state index in [-0.39, 0.29) is 5.69 Å². The lowest BCUT2D eigenvalue weighted by Crippen LogP contribution is -2.29. The molecule has 0 aromatic heterocycles. The van der Waals surface area contributed by atoms with Crippen LogP contribution in [0.15, 0.2) is 42.5 Å². The Morgan fingerprint density at radius 2 is 1.78 bits per heavy atom. The zero-order chi connectivity index (χ0) is 17.0. The third-order valence-electron chi connectivity index (χ3n) is 2.88. The minimum Gasteiger partial charge on any atom is -0.380 e. The van der Waals surface area contributed by atoms with Gasteiger partial charge in [0.15, 0.2) is 0 Å². The summed E-state index contributed by atoms with van der Waals surface area (Å²) in [4.78, 5) is 10.9. The molecule has 0 aliphatic heterocycles. The zero-order valence-corrected chi connectivity index (χ0v) is 13.1. The molecule has 0 aliphatic rings. The molecule has 122 valence electrons. The van der Waals surface area contributed by atoms with Crippen molar-refractivity contribution in [1.82, 2.24) is 0 Å². The van der Waals surface area contributed by atoms with Crippen molar-refractivity contribution in [1.29, 1.82) is 0 Å². The molecule has 0 atom stereocenters. The standard InChI is InChI=1S/C15H11Cl2F3N2O/c16-11-5-2-6-12(13(11)17)21-8-9-3-1-4-10(7-9)22-14(23)15(18,19)20/h1-7,21H,8H2,(H,22,23). The van der Waals surface area contributed by atoms with E-state index >= 15 is 0 Å². The fourth-order valence-corrected chi connectivity index (χ4v) is 2.17. The van der Waals surface area contributed by atoms with E-state index in [2.05, 4.69) is 5.32 Å². The van der Waals surface area contributed by atoms with Crippen LogP contribution in [0.25, 0.3) is 0 Å². The molecule has 3 nitrogen and oxygen atoms in total. The van der Waals surface area contributed by atoms with E-state index in [1.54, 1.807) is 35.6 Å². The van der Waals surface area contributed by atoms with Crippen LogP contribution in [-0.2, 0) is 11.3 Å². The number of carbonyl (C=O) groups excluding carboxylic acids is 1. The number of halogens is 5. The number of hydrogen-bond acceptors (Lipinski definition) is 2. The van der Waals surface area contributed by atoms with Crippen LogP contribution in [0.5, 0.6) is 0 Å². The molecule has 0 unspecified atom stereocenters. The Labute approximate surface area is 140 Å². The van der Waals surface area contributed by atoms with E-state index in [1.165, 1.54) is 12.1 Å². The van der Waals surface area contributed by atoms with E-state index in [4.69, 9.17) is 23.2 Å². The zero-order valence-electron chi connectivity index (χ0n) is 11.5. The second-order valence-corrected chi connectivity index (χ2v) is 5.39. The van der Waals surface area contributed by atoms with Crippen LogP contribution in [0.4, 0.5) is 24.5 Å². The largest absolute Gasteiger partial charge is 0.471 e. The highest BCUT2D eigenvalue weighted by atomic mass is 35.5. The molecular weight excluding hydrogens is 352 g/mol. The molecule has 0 saturated heterocycles. The maximum Gasteiger partial charge on any atom is 0.471 e. The molecule has 0 spiro atoms. The highest BCUT2D eigenvalue weighted by Crippen LogP contribution is 2.30. The molecule has 0 saturated carbocycles. The van der Waals surface area contributed by atoms with Gasteiger partial charge in [-0.1, -0.05) is 41.4 Å². The quantitative estimate of drug-likeness (QED) is 0.793. The third-order valence-corrected chi connectivity index (χ3v) is 3.70. The minimum absolute atomic E-state index is 0.0591. The van der Waals surface area contributed by atoms with Crippen molar-refractivity contribution in [2.24, 2.45) is 0 Å². The fourth-order valence-electron chi connectivity index (χ4n) is 1.80. The summed E-state index contributed by atoms with van der Waals surface area (Å²) in [5.74, 6) is -2.01. The number of alkyl halides is 3. The first-order chi connectivity index (χ1) is 10.8. The molecule has 1 amide bonds. The van der Waals surface area contributed by atoms with Gasteiger partial charge in [0, 0.05) is 12.2 Å². The van der Waals surface area contributed by atoms with Gasteiger partial charge in [-0.25, -0.2) is 0 Å². The molecule has 0 aliphatic carbocycles. The summed E-state index contributed by atoms with van der Waals surface area (Å²) in [6.45, 7) is 0.301. The Kier molecular flexibility index (Phi) is 5.38.